The van der Waals surface area contributed by atoms with E-state index in [1.165, 1.54) is 10.9 Å². The highest BCUT2D eigenvalue weighted by Crippen LogP contribution is 2.47. The first-order chi connectivity index (χ1) is 13.7. The van der Waals surface area contributed by atoms with Crippen molar-refractivity contribution in [2.24, 2.45) is 0 Å². The second-order valence-corrected chi connectivity index (χ2v) is 7.23. The number of para-hydroxylation sites is 1. The van der Waals surface area contributed by atoms with Crippen LogP contribution in [-0.4, -0.2) is 36.6 Å². The molecule has 1 aromatic heterocycles. The first-order valence-corrected chi connectivity index (χ1v) is 9.62. The highest BCUT2D eigenvalue weighted by molar-refractivity contribution is 6.06. The summed E-state index contributed by atoms with van der Waals surface area (Å²) < 4.78 is 11.1. The SMILES string of the molecule is CCc1cc(OC)c(OC)c2c1NC1c3[nH]c4ccccc4c3CCN1C2=O. The number of hydrogen-bond acceptors (Lipinski definition) is 4. The van der Waals surface area contributed by atoms with Gasteiger partial charge in [-0.05, 0) is 36.1 Å². The molecule has 2 aliphatic rings. The Labute approximate surface area is 163 Å². The molecule has 1 unspecified atom stereocenters. The number of hydrogen-bond donors (Lipinski definition) is 2. The normalized spacial score (nSPS) is 17.6. The smallest absolute Gasteiger partial charge is 0.261 e. The summed E-state index contributed by atoms with van der Waals surface area (Å²) in [4.78, 5) is 19.0. The largest absolute Gasteiger partial charge is 0.493 e. The summed E-state index contributed by atoms with van der Waals surface area (Å²) in [5.74, 6) is 1.07. The summed E-state index contributed by atoms with van der Waals surface area (Å²) in [5, 5.41) is 4.87. The second-order valence-electron chi connectivity index (χ2n) is 7.23. The number of carbonyl (C=O) groups is 1. The second kappa shape index (κ2) is 6.19. The van der Waals surface area contributed by atoms with Crippen LogP contribution in [0.25, 0.3) is 10.9 Å². The molecule has 6 heteroatoms. The van der Waals surface area contributed by atoms with Gasteiger partial charge in [-0.3, -0.25) is 4.79 Å². The number of nitrogens with one attached hydrogen (secondary N) is 2. The standard InChI is InChI=1S/C22H23N3O3/c1-4-12-11-16(27-2)20(28-3)17-18(12)24-21-19-14(9-10-25(21)22(17)26)13-7-5-6-8-15(13)23-19/h5-8,11,21,23-24H,4,9-10H2,1-3H3. The third kappa shape index (κ3) is 2.17. The number of anilines is 1. The van der Waals surface area contributed by atoms with E-state index in [4.69, 9.17) is 9.47 Å². The number of fused-ring (bicyclic) bond motifs is 6. The number of aromatic nitrogens is 1. The Hall–Kier alpha value is -3.15. The number of aryl methyl sites for hydroxylation is 1. The van der Waals surface area contributed by atoms with E-state index >= 15 is 0 Å². The Balaban J connectivity index is 1.71. The quantitative estimate of drug-likeness (QED) is 0.727. The molecule has 0 saturated heterocycles. The number of ether oxygens (including phenoxy) is 2. The summed E-state index contributed by atoms with van der Waals surface area (Å²) in [7, 11) is 3.18. The molecule has 0 spiro atoms. The van der Waals surface area contributed by atoms with Crippen LogP contribution in [0.3, 0.4) is 0 Å². The third-order valence-electron chi connectivity index (χ3n) is 5.92. The van der Waals surface area contributed by atoms with Gasteiger partial charge in [0, 0.05) is 17.4 Å². The van der Waals surface area contributed by atoms with Crippen LogP contribution in [0.2, 0.25) is 0 Å². The number of benzene rings is 2. The van der Waals surface area contributed by atoms with Crippen molar-refractivity contribution in [3.05, 3.63) is 52.7 Å². The molecule has 0 radical (unpaired) electrons. The van der Waals surface area contributed by atoms with Gasteiger partial charge in [0.25, 0.3) is 5.91 Å². The summed E-state index contributed by atoms with van der Waals surface area (Å²) in [6.07, 6.45) is 1.40. The van der Waals surface area contributed by atoms with E-state index in [-0.39, 0.29) is 12.1 Å². The van der Waals surface area contributed by atoms with E-state index in [2.05, 4.69) is 35.4 Å². The molecule has 3 heterocycles. The van der Waals surface area contributed by atoms with Crippen molar-refractivity contribution in [1.82, 2.24) is 9.88 Å². The average molecular weight is 377 g/mol. The molecule has 0 aliphatic carbocycles. The molecule has 28 heavy (non-hydrogen) atoms. The zero-order valence-corrected chi connectivity index (χ0v) is 16.3. The highest BCUT2D eigenvalue weighted by atomic mass is 16.5. The van der Waals surface area contributed by atoms with Crippen molar-refractivity contribution in [2.45, 2.75) is 25.9 Å². The van der Waals surface area contributed by atoms with Gasteiger partial charge >= 0.3 is 0 Å². The first kappa shape index (κ1) is 17.0. The molecule has 0 bridgehead atoms. The molecule has 0 fully saturated rings. The molecule has 3 aromatic rings. The zero-order valence-electron chi connectivity index (χ0n) is 16.3. The van der Waals surface area contributed by atoms with Crippen molar-refractivity contribution in [3.63, 3.8) is 0 Å². The maximum Gasteiger partial charge on any atom is 0.261 e. The van der Waals surface area contributed by atoms with E-state index in [1.54, 1.807) is 14.2 Å². The zero-order chi connectivity index (χ0) is 19.4. The summed E-state index contributed by atoms with van der Waals surface area (Å²) >= 11 is 0. The van der Waals surface area contributed by atoms with Crippen LogP contribution in [0.5, 0.6) is 11.5 Å². The van der Waals surface area contributed by atoms with Gasteiger partial charge in [0.1, 0.15) is 11.7 Å². The molecular weight excluding hydrogens is 354 g/mol. The van der Waals surface area contributed by atoms with Crippen LogP contribution in [0.15, 0.2) is 30.3 Å². The van der Waals surface area contributed by atoms with Crippen molar-refractivity contribution >= 4 is 22.5 Å². The van der Waals surface area contributed by atoms with E-state index in [9.17, 15) is 4.79 Å². The maximum atomic E-state index is 13.5. The van der Waals surface area contributed by atoms with E-state index in [0.717, 1.165) is 35.3 Å². The minimum atomic E-state index is -0.209. The van der Waals surface area contributed by atoms with Crippen molar-refractivity contribution in [3.8, 4) is 11.5 Å². The number of amides is 1. The fraction of sp³-hybridized carbons (Fsp3) is 0.318. The van der Waals surface area contributed by atoms with Crippen LogP contribution in [-0.2, 0) is 12.8 Å². The molecule has 2 aromatic carbocycles. The highest BCUT2D eigenvalue weighted by Gasteiger charge is 2.41. The molecular formula is C22H23N3O3. The molecule has 2 aliphatic heterocycles. The number of methoxy groups -OCH3 is 2. The van der Waals surface area contributed by atoms with E-state index < -0.39 is 0 Å². The van der Waals surface area contributed by atoms with Crippen LogP contribution in [0.4, 0.5) is 5.69 Å². The number of aromatic amines is 1. The van der Waals surface area contributed by atoms with Gasteiger partial charge < -0.3 is 24.7 Å². The number of rotatable bonds is 3. The van der Waals surface area contributed by atoms with Crippen molar-refractivity contribution in [1.29, 1.82) is 0 Å². The molecule has 1 amide bonds. The van der Waals surface area contributed by atoms with Crippen LogP contribution >= 0.6 is 0 Å². The molecule has 144 valence electrons. The lowest BCUT2D eigenvalue weighted by atomic mass is 9.94. The van der Waals surface area contributed by atoms with Gasteiger partial charge in [-0.15, -0.1) is 0 Å². The van der Waals surface area contributed by atoms with Crippen LogP contribution in [0.1, 0.15) is 40.3 Å². The summed E-state index contributed by atoms with van der Waals surface area (Å²) in [5.41, 5.74) is 5.93. The monoisotopic (exact) mass is 377 g/mol. The molecule has 6 nitrogen and oxygen atoms in total. The lowest BCUT2D eigenvalue weighted by Crippen LogP contribution is -2.47. The fourth-order valence-electron chi connectivity index (χ4n) is 4.59. The minimum Gasteiger partial charge on any atom is -0.493 e. The van der Waals surface area contributed by atoms with Gasteiger partial charge in [-0.1, -0.05) is 25.1 Å². The topological polar surface area (TPSA) is 66.6 Å². The summed E-state index contributed by atoms with van der Waals surface area (Å²) in [6.45, 7) is 2.74. The third-order valence-corrected chi connectivity index (χ3v) is 5.92. The first-order valence-electron chi connectivity index (χ1n) is 9.62. The van der Waals surface area contributed by atoms with E-state index in [0.29, 0.717) is 23.6 Å². The lowest BCUT2D eigenvalue weighted by molar-refractivity contribution is 0.0662. The molecule has 0 saturated carbocycles. The molecule has 2 N–H and O–H groups in total. The number of nitrogens with zero attached hydrogens (tertiary/aromatic N) is 1. The van der Waals surface area contributed by atoms with Gasteiger partial charge in [0.2, 0.25) is 0 Å². The molecule has 1 atom stereocenters. The van der Waals surface area contributed by atoms with E-state index in [1.807, 2.05) is 17.0 Å². The van der Waals surface area contributed by atoms with Crippen molar-refractivity contribution < 1.29 is 14.3 Å². The summed E-state index contributed by atoms with van der Waals surface area (Å²) in [6, 6.07) is 10.3. The van der Waals surface area contributed by atoms with Crippen molar-refractivity contribution in [2.75, 3.05) is 26.1 Å². The maximum absolute atomic E-state index is 13.5. The minimum absolute atomic E-state index is 0.0199. The Morgan fingerprint density at radius 3 is 2.79 bits per heavy atom. The lowest BCUT2D eigenvalue weighted by Gasteiger charge is -2.42. The van der Waals surface area contributed by atoms with Gasteiger partial charge in [0.15, 0.2) is 11.5 Å². The predicted octanol–water partition coefficient (Wildman–Crippen LogP) is 3.87. The van der Waals surface area contributed by atoms with Gasteiger partial charge in [-0.2, -0.15) is 0 Å². The Morgan fingerprint density at radius 1 is 1.21 bits per heavy atom. The molecule has 5 rings (SSSR count). The average Bonchev–Trinajstić information content (AvgIpc) is 3.12. The number of carbonyl (C=O) groups excluding carboxylic acids is 1. The van der Waals surface area contributed by atoms with Crippen LogP contribution in [0, 0.1) is 0 Å². The predicted molar refractivity (Wildman–Crippen MR) is 108 cm³/mol. The number of H-pyrrole nitrogens is 1. The Kier molecular flexibility index (Phi) is 3.75. The Morgan fingerprint density at radius 2 is 2.04 bits per heavy atom. The fourth-order valence-corrected chi connectivity index (χ4v) is 4.59. The van der Waals surface area contributed by atoms with Crippen LogP contribution < -0.4 is 14.8 Å². The van der Waals surface area contributed by atoms with Gasteiger partial charge in [0.05, 0.1) is 25.6 Å². The van der Waals surface area contributed by atoms with Gasteiger partial charge in [-0.25, -0.2) is 0 Å². The Bertz CT molecular complexity index is 1100.